The Balaban J connectivity index is 2.89. The van der Waals surface area contributed by atoms with E-state index in [1.54, 1.807) is 4.68 Å². The van der Waals surface area contributed by atoms with Crippen molar-refractivity contribution in [1.82, 2.24) is 14.7 Å². The third kappa shape index (κ3) is 5.41. The molecule has 1 N–H and O–H groups in total. The van der Waals surface area contributed by atoms with E-state index in [1.165, 1.54) is 6.26 Å². The summed E-state index contributed by atoms with van der Waals surface area (Å²) in [6.45, 7) is 9.79. The minimum Gasteiger partial charge on any atom is -0.394 e. The lowest BCUT2D eigenvalue weighted by molar-refractivity contribution is 0.224. The van der Waals surface area contributed by atoms with Gasteiger partial charge < -0.3 is 5.11 Å². The van der Waals surface area contributed by atoms with Gasteiger partial charge in [-0.3, -0.25) is 9.58 Å². The van der Waals surface area contributed by atoms with Crippen LogP contribution in [0.5, 0.6) is 0 Å². The van der Waals surface area contributed by atoms with E-state index in [-0.39, 0.29) is 18.4 Å². The zero-order valence-electron chi connectivity index (χ0n) is 13.6. The van der Waals surface area contributed by atoms with E-state index in [0.717, 1.165) is 17.0 Å². The normalized spacial score (nSPS) is 12.6. The standard InChI is InChI=1S/C14H27N3O3S/c1-11(2)16(7-9-21(5,19)20)10-14-12(3)15-17(6-8-18)13(14)4/h11,18H,6-10H2,1-5H3. The Morgan fingerprint density at radius 3 is 2.43 bits per heavy atom. The van der Waals surface area contributed by atoms with E-state index < -0.39 is 9.84 Å². The molecule has 1 rings (SSSR count). The van der Waals surface area contributed by atoms with E-state index in [9.17, 15) is 8.42 Å². The fourth-order valence-electron chi connectivity index (χ4n) is 2.28. The van der Waals surface area contributed by atoms with Crippen molar-refractivity contribution in [2.75, 3.05) is 25.2 Å². The van der Waals surface area contributed by atoms with Crippen LogP contribution in [-0.4, -0.2) is 59.4 Å². The summed E-state index contributed by atoms with van der Waals surface area (Å²) in [5.41, 5.74) is 3.09. The maximum Gasteiger partial charge on any atom is 0.148 e. The summed E-state index contributed by atoms with van der Waals surface area (Å²) in [7, 11) is -2.96. The first-order chi connectivity index (χ1) is 9.65. The summed E-state index contributed by atoms with van der Waals surface area (Å²) in [4.78, 5) is 2.14. The molecule has 0 aliphatic carbocycles. The molecule has 0 aromatic carbocycles. The lowest BCUT2D eigenvalue weighted by Crippen LogP contribution is -2.34. The monoisotopic (exact) mass is 317 g/mol. The van der Waals surface area contributed by atoms with E-state index in [1.807, 2.05) is 13.8 Å². The molecule has 122 valence electrons. The number of hydrogen-bond donors (Lipinski definition) is 1. The molecule has 1 aromatic heterocycles. The van der Waals surface area contributed by atoms with Crippen molar-refractivity contribution in [3.05, 3.63) is 17.0 Å². The highest BCUT2D eigenvalue weighted by Gasteiger charge is 2.18. The first kappa shape index (κ1) is 18.1. The van der Waals surface area contributed by atoms with Crippen LogP contribution in [0.2, 0.25) is 0 Å². The Hall–Kier alpha value is -0.920. The maximum atomic E-state index is 11.4. The molecule has 0 saturated carbocycles. The maximum absolute atomic E-state index is 11.4. The van der Waals surface area contributed by atoms with Crippen molar-refractivity contribution in [3.63, 3.8) is 0 Å². The summed E-state index contributed by atoms with van der Waals surface area (Å²) in [5.74, 6) is 0.161. The van der Waals surface area contributed by atoms with Crippen LogP contribution in [0, 0.1) is 13.8 Å². The predicted octanol–water partition coefficient (Wildman–Crippen LogP) is 0.747. The molecule has 0 aliphatic heterocycles. The molecule has 0 unspecified atom stereocenters. The van der Waals surface area contributed by atoms with Gasteiger partial charge in [0, 0.05) is 36.6 Å². The minimum absolute atomic E-state index is 0.0589. The second-order valence-electron chi connectivity index (χ2n) is 5.79. The van der Waals surface area contributed by atoms with Gasteiger partial charge in [-0.2, -0.15) is 5.10 Å². The van der Waals surface area contributed by atoms with Crippen LogP contribution in [-0.2, 0) is 22.9 Å². The van der Waals surface area contributed by atoms with Crippen molar-refractivity contribution < 1.29 is 13.5 Å². The fourth-order valence-corrected chi connectivity index (χ4v) is 2.85. The zero-order chi connectivity index (χ0) is 16.2. The summed E-state index contributed by atoms with van der Waals surface area (Å²) in [5, 5.41) is 13.5. The molecule has 0 spiro atoms. The van der Waals surface area contributed by atoms with Gasteiger partial charge in [0.25, 0.3) is 0 Å². The number of aliphatic hydroxyl groups is 1. The minimum atomic E-state index is -2.96. The molecular weight excluding hydrogens is 290 g/mol. The van der Waals surface area contributed by atoms with Crippen molar-refractivity contribution >= 4 is 9.84 Å². The van der Waals surface area contributed by atoms with Gasteiger partial charge in [-0.05, 0) is 27.7 Å². The Morgan fingerprint density at radius 2 is 1.95 bits per heavy atom. The number of aromatic nitrogens is 2. The predicted molar refractivity (Wildman–Crippen MR) is 84.0 cm³/mol. The number of hydrogen-bond acceptors (Lipinski definition) is 5. The average molecular weight is 317 g/mol. The van der Waals surface area contributed by atoms with E-state index >= 15 is 0 Å². The van der Waals surface area contributed by atoms with Crippen LogP contribution in [0.25, 0.3) is 0 Å². The van der Waals surface area contributed by atoms with Crippen LogP contribution in [0.15, 0.2) is 0 Å². The summed E-state index contributed by atoms with van der Waals surface area (Å²) in [6.07, 6.45) is 1.27. The molecule has 1 aromatic rings. The van der Waals surface area contributed by atoms with Crippen LogP contribution < -0.4 is 0 Å². The van der Waals surface area contributed by atoms with Crippen LogP contribution in [0.4, 0.5) is 0 Å². The molecule has 21 heavy (non-hydrogen) atoms. The number of nitrogens with zero attached hydrogens (tertiary/aromatic N) is 3. The molecule has 0 bridgehead atoms. The summed E-state index contributed by atoms with van der Waals surface area (Å²) < 4.78 is 24.5. The van der Waals surface area contributed by atoms with Gasteiger partial charge in [-0.15, -0.1) is 0 Å². The lowest BCUT2D eigenvalue weighted by atomic mass is 10.1. The van der Waals surface area contributed by atoms with Crippen LogP contribution in [0.1, 0.15) is 30.8 Å². The van der Waals surface area contributed by atoms with Crippen molar-refractivity contribution in [1.29, 1.82) is 0 Å². The molecule has 7 heteroatoms. The number of sulfone groups is 1. The topological polar surface area (TPSA) is 75.4 Å². The SMILES string of the molecule is Cc1nn(CCO)c(C)c1CN(CCS(C)(=O)=O)C(C)C. The number of aryl methyl sites for hydroxylation is 1. The molecule has 0 amide bonds. The highest BCUT2D eigenvalue weighted by atomic mass is 32.2. The summed E-state index contributed by atoms with van der Waals surface area (Å²) >= 11 is 0. The quantitative estimate of drug-likeness (QED) is 0.765. The molecular formula is C14H27N3O3S. The van der Waals surface area contributed by atoms with Gasteiger partial charge in [-0.25, -0.2) is 8.42 Å². The molecule has 6 nitrogen and oxygen atoms in total. The van der Waals surface area contributed by atoms with Gasteiger partial charge in [0.2, 0.25) is 0 Å². The second kappa shape index (κ2) is 7.38. The van der Waals surface area contributed by atoms with Gasteiger partial charge >= 0.3 is 0 Å². The highest BCUT2D eigenvalue weighted by molar-refractivity contribution is 7.90. The van der Waals surface area contributed by atoms with Crippen LogP contribution >= 0.6 is 0 Å². The Morgan fingerprint density at radius 1 is 1.33 bits per heavy atom. The summed E-state index contributed by atoms with van der Waals surface area (Å²) in [6, 6.07) is 0.256. The van der Waals surface area contributed by atoms with Gasteiger partial charge in [-0.1, -0.05) is 0 Å². The number of rotatable bonds is 8. The lowest BCUT2D eigenvalue weighted by Gasteiger charge is -2.26. The molecule has 0 atom stereocenters. The Bertz CT molecular complexity index is 564. The molecule has 0 saturated heterocycles. The van der Waals surface area contributed by atoms with Crippen molar-refractivity contribution in [2.24, 2.45) is 0 Å². The molecule has 0 fully saturated rings. The van der Waals surface area contributed by atoms with E-state index in [2.05, 4.69) is 23.8 Å². The molecule has 0 radical (unpaired) electrons. The van der Waals surface area contributed by atoms with Crippen molar-refractivity contribution in [2.45, 2.75) is 46.8 Å². The first-order valence-corrected chi connectivity index (χ1v) is 9.27. The zero-order valence-corrected chi connectivity index (χ0v) is 14.4. The first-order valence-electron chi connectivity index (χ1n) is 7.21. The van der Waals surface area contributed by atoms with Crippen molar-refractivity contribution in [3.8, 4) is 0 Å². The third-order valence-corrected chi connectivity index (χ3v) is 4.61. The van der Waals surface area contributed by atoms with Gasteiger partial charge in [0.15, 0.2) is 0 Å². The highest BCUT2D eigenvalue weighted by Crippen LogP contribution is 2.17. The Kier molecular flexibility index (Phi) is 6.37. The molecule has 0 aliphatic rings. The molecule has 1 heterocycles. The smallest absolute Gasteiger partial charge is 0.148 e. The second-order valence-corrected chi connectivity index (χ2v) is 8.05. The number of aliphatic hydroxyl groups excluding tert-OH is 1. The Labute approximate surface area is 127 Å². The van der Waals surface area contributed by atoms with Gasteiger partial charge in [0.1, 0.15) is 9.84 Å². The third-order valence-electron chi connectivity index (χ3n) is 3.68. The fraction of sp³-hybridized carbons (Fsp3) is 0.786. The van der Waals surface area contributed by atoms with E-state index in [0.29, 0.717) is 19.6 Å². The largest absolute Gasteiger partial charge is 0.394 e. The van der Waals surface area contributed by atoms with Gasteiger partial charge in [0.05, 0.1) is 24.6 Å². The van der Waals surface area contributed by atoms with E-state index in [4.69, 9.17) is 5.11 Å². The average Bonchev–Trinajstić information content (AvgIpc) is 2.60. The van der Waals surface area contributed by atoms with Crippen LogP contribution in [0.3, 0.4) is 0 Å².